The van der Waals surface area contributed by atoms with Gasteiger partial charge in [-0.3, -0.25) is 14.5 Å². The van der Waals surface area contributed by atoms with Crippen molar-refractivity contribution in [3.63, 3.8) is 0 Å². The Bertz CT molecular complexity index is 1260. The summed E-state index contributed by atoms with van der Waals surface area (Å²) in [5.74, 6) is 0.730. The topological polar surface area (TPSA) is 80.2 Å². The summed E-state index contributed by atoms with van der Waals surface area (Å²) in [5, 5.41) is 5.51. The Morgan fingerprint density at radius 2 is 1.97 bits per heavy atom. The van der Waals surface area contributed by atoms with Gasteiger partial charge >= 0.3 is 0 Å². The van der Waals surface area contributed by atoms with E-state index in [1.54, 1.807) is 55.7 Å². The molecule has 0 aliphatic carbocycles. The van der Waals surface area contributed by atoms with Crippen LogP contribution in [-0.4, -0.2) is 37.0 Å². The number of rotatable bonds is 7. The summed E-state index contributed by atoms with van der Waals surface area (Å²) in [6.45, 7) is 0. The number of thiophene rings is 1. The highest BCUT2D eigenvalue weighted by Crippen LogP contribution is 2.34. The van der Waals surface area contributed by atoms with Gasteiger partial charge in [-0.05, 0) is 60.0 Å². The van der Waals surface area contributed by atoms with E-state index in [9.17, 15) is 9.59 Å². The maximum Gasteiger partial charge on any atom is 0.283 e. The maximum atomic E-state index is 13.3. The molecule has 2 aromatic carbocycles. The molecule has 4 rings (SSSR count). The van der Waals surface area contributed by atoms with Crippen molar-refractivity contribution in [2.75, 3.05) is 30.2 Å². The van der Waals surface area contributed by atoms with Gasteiger partial charge in [0.05, 0.1) is 30.7 Å². The molecule has 34 heavy (non-hydrogen) atoms. The van der Waals surface area contributed by atoms with E-state index in [2.05, 4.69) is 10.3 Å². The Morgan fingerprint density at radius 3 is 2.62 bits per heavy atom. The summed E-state index contributed by atoms with van der Waals surface area (Å²) in [7, 11) is 3.10. The van der Waals surface area contributed by atoms with Crippen molar-refractivity contribution in [1.29, 1.82) is 0 Å². The summed E-state index contributed by atoms with van der Waals surface area (Å²) >= 11 is 8.97. The number of thioether (sulfide) groups is 1. The first-order valence-electron chi connectivity index (χ1n) is 10.1. The number of hydrogen-bond acceptors (Lipinski definition) is 7. The summed E-state index contributed by atoms with van der Waals surface area (Å²) < 4.78 is 10.3. The minimum atomic E-state index is -0.298. The quantitative estimate of drug-likeness (QED) is 0.420. The highest BCUT2D eigenvalue weighted by atomic mass is 35.5. The predicted octanol–water partition coefficient (Wildman–Crippen LogP) is 5.53. The number of benzene rings is 2. The first-order valence-corrected chi connectivity index (χ1v) is 12.3. The number of ether oxygens (including phenoxy) is 2. The van der Waals surface area contributed by atoms with Gasteiger partial charge in [-0.25, -0.2) is 4.99 Å². The third-order valence-corrected chi connectivity index (χ3v) is 6.80. The molecule has 0 saturated heterocycles. The van der Waals surface area contributed by atoms with Gasteiger partial charge < -0.3 is 14.8 Å². The van der Waals surface area contributed by atoms with Crippen molar-refractivity contribution in [2.45, 2.75) is 0 Å². The fourth-order valence-electron chi connectivity index (χ4n) is 3.12. The molecule has 1 aromatic heterocycles. The first kappa shape index (κ1) is 23.9. The number of carbonyl (C=O) groups is 2. The molecule has 0 atom stereocenters. The molecule has 0 fully saturated rings. The molecule has 2 heterocycles. The van der Waals surface area contributed by atoms with Crippen LogP contribution in [0.3, 0.4) is 0 Å². The lowest BCUT2D eigenvalue weighted by Crippen LogP contribution is -2.31. The Morgan fingerprint density at radius 1 is 1.18 bits per heavy atom. The molecule has 10 heteroatoms. The molecule has 3 aromatic rings. The maximum absolute atomic E-state index is 13.3. The molecule has 0 spiro atoms. The van der Waals surface area contributed by atoms with Crippen molar-refractivity contribution < 1.29 is 19.1 Å². The van der Waals surface area contributed by atoms with Crippen molar-refractivity contribution in [2.24, 2.45) is 4.99 Å². The van der Waals surface area contributed by atoms with E-state index >= 15 is 0 Å². The Balaban J connectivity index is 1.55. The fraction of sp³-hybridized carbons (Fsp3) is 0.125. The Hall–Kier alpha value is -3.27. The number of carbonyl (C=O) groups excluding carboxylic acids is 2. The zero-order valence-corrected chi connectivity index (χ0v) is 20.7. The minimum absolute atomic E-state index is 0.0603. The van der Waals surface area contributed by atoms with Crippen molar-refractivity contribution in [1.82, 2.24) is 0 Å². The number of nitrogens with zero attached hydrogens (tertiary/aromatic N) is 2. The van der Waals surface area contributed by atoms with E-state index in [1.807, 2.05) is 17.5 Å². The third-order valence-electron chi connectivity index (χ3n) is 4.75. The molecule has 7 nitrogen and oxygen atoms in total. The van der Waals surface area contributed by atoms with Crippen molar-refractivity contribution in [3.05, 3.63) is 75.6 Å². The lowest BCUT2D eigenvalue weighted by Gasteiger charge is -2.18. The molecule has 2 amide bonds. The largest absolute Gasteiger partial charge is 0.497 e. The van der Waals surface area contributed by atoms with E-state index in [0.29, 0.717) is 33.1 Å². The van der Waals surface area contributed by atoms with Crippen LogP contribution in [0.1, 0.15) is 4.88 Å². The van der Waals surface area contributed by atoms with Gasteiger partial charge in [0.1, 0.15) is 17.2 Å². The average Bonchev–Trinajstić information content (AvgIpc) is 3.46. The normalized spacial score (nSPS) is 14.3. The molecule has 1 aliphatic rings. The van der Waals surface area contributed by atoms with Crippen LogP contribution >= 0.6 is 34.7 Å². The molecule has 1 aliphatic heterocycles. The average molecular weight is 514 g/mol. The van der Waals surface area contributed by atoms with E-state index in [0.717, 1.165) is 16.6 Å². The lowest BCUT2D eigenvalue weighted by atomic mass is 10.2. The first-order chi connectivity index (χ1) is 16.5. The van der Waals surface area contributed by atoms with Gasteiger partial charge in [-0.1, -0.05) is 29.4 Å². The van der Waals surface area contributed by atoms with Crippen LogP contribution in [0.2, 0.25) is 5.02 Å². The van der Waals surface area contributed by atoms with Crippen LogP contribution in [0.5, 0.6) is 11.5 Å². The van der Waals surface area contributed by atoms with E-state index in [1.165, 1.54) is 23.3 Å². The van der Waals surface area contributed by atoms with Gasteiger partial charge in [0.25, 0.3) is 5.91 Å². The number of aliphatic imine (C=N–C) groups is 1. The van der Waals surface area contributed by atoms with Gasteiger partial charge in [0.15, 0.2) is 5.17 Å². The molecular weight excluding hydrogens is 494 g/mol. The minimum Gasteiger partial charge on any atom is -0.497 e. The Labute approximate surface area is 210 Å². The van der Waals surface area contributed by atoms with E-state index in [-0.39, 0.29) is 23.3 Å². The van der Waals surface area contributed by atoms with Gasteiger partial charge in [0.2, 0.25) is 5.91 Å². The monoisotopic (exact) mass is 513 g/mol. The van der Waals surface area contributed by atoms with Gasteiger partial charge in [-0.2, -0.15) is 0 Å². The smallest absolute Gasteiger partial charge is 0.283 e. The van der Waals surface area contributed by atoms with Crippen LogP contribution in [0.4, 0.5) is 11.4 Å². The van der Waals surface area contributed by atoms with Gasteiger partial charge in [-0.15, -0.1) is 11.3 Å². The predicted molar refractivity (Wildman–Crippen MR) is 139 cm³/mol. The molecule has 1 N–H and O–H groups in total. The summed E-state index contributed by atoms with van der Waals surface area (Å²) in [6, 6.07) is 15.9. The van der Waals surface area contributed by atoms with Crippen molar-refractivity contribution in [3.8, 4) is 11.5 Å². The summed E-state index contributed by atoms with van der Waals surface area (Å²) in [5.41, 5.74) is 1.47. The van der Waals surface area contributed by atoms with Crippen molar-refractivity contribution >= 4 is 69.1 Å². The highest BCUT2D eigenvalue weighted by Gasteiger charge is 2.33. The zero-order chi connectivity index (χ0) is 24.1. The number of methoxy groups -OCH3 is 2. The van der Waals surface area contributed by atoms with Gasteiger partial charge in [0, 0.05) is 10.6 Å². The molecule has 174 valence electrons. The highest BCUT2D eigenvalue weighted by molar-refractivity contribution is 8.14. The number of amides is 2. The SMILES string of the molecule is COc1ccc(NC(=O)CSC2=NC(=Cc3cccs3)C(=O)N2c2ccc(OC)c(Cl)c2)cc1. The number of amidine groups is 1. The second-order valence-corrected chi connectivity index (χ2v) is 9.29. The lowest BCUT2D eigenvalue weighted by molar-refractivity contribution is -0.114. The van der Waals surface area contributed by atoms with E-state index in [4.69, 9.17) is 21.1 Å². The van der Waals surface area contributed by atoms with E-state index < -0.39 is 0 Å². The van der Waals surface area contributed by atoms with Crippen LogP contribution in [0.25, 0.3) is 6.08 Å². The Kier molecular flexibility index (Phi) is 7.56. The number of hydrogen-bond donors (Lipinski definition) is 1. The standard InChI is InChI=1S/C24H20ClN3O4S2/c1-31-17-8-5-15(6-9-17)26-22(29)14-34-24-27-20(13-18-4-3-11-33-18)23(30)28(24)16-7-10-21(32-2)19(25)12-16/h3-13H,14H2,1-2H3,(H,26,29). The fourth-order valence-corrected chi connectivity index (χ4v) is 4.84. The summed E-state index contributed by atoms with van der Waals surface area (Å²) in [4.78, 5) is 32.7. The second-order valence-electron chi connectivity index (χ2n) is 6.96. The number of halogens is 1. The molecule has 0 saturated carbocycles. The van der Waals surface area contributed by atoms with Crippen LogP contribution in [0, 0.1) is 0 Å². The molecular formula is C24H20ClN3O4S2. The molecule has 0 radical (unpaired) electrons. The zero-order valence-electron chi connectivity index (χ0n) is 18.3. The third kappa shape index (κ3) is 5.44. The summed E-state index contributed by atoms with van der Waals surface area (Å²) in [6.07, 6.45) is 1.73. The number of nitrogens with one attached hydrogen (secondary N) is 1. The second kappa shape index (κ2) is 10.8. The van der Waals surface area contributed by atoms with Crippen LogP contribution < -0.4 is 19.7 Å². The molecule has 0 unspecified atom stereocenters. The number of anilines is 2. The van der Waals surface area contributed by atoms with Crippen LogP contribution in [-0.2, 0) is 9.59 Å². The molecule has 0 bridgehead atoms. The van der Waals surface area contributed by atoms with Crippen LogP contribution in [0.15, 0.2) is 70.7 Å².